The first-order valence-corrected chi connectivity index (χ1v) is 6.02. The molecule has 0 heterocycles. The summed E-state index contributed by atoms with van der Waals surface area (Å²) in [5.74, 6) is -1.19. The molecule has 1 N–H and O–H groups in total. The monoisotopic (exact) mass is 228 g/mol. The molecule has 0 aromatic carbocycles. The van der Waals surface area contributed by atoms with E-state index in [0.29, 0.717) is 0 Å². The third-order valence-electron chi connectivity index (χ3n) is 3.17. The molecule has 0 aromatic heterocycles. The third-order valence-corrected chi connectivity index (χ3v) is 3.17. The molecule has 0 aromatic rings. The highest BCUT2D eigenvalue weighted by molar-refractivity contribution is 6.39. The first kappa shape index (κ1) is 15.3. The molecule has 0 bridgehead atoms. The molecule has 2 atom stereocenters. The van der Waals surface area contributed by atoms with E-state index >= 15 is 0 Å². The fourth-order valence-electron chi connectivity index (χ4n) is 2.21. The second-order valence-corrected chi connectivity index (χ2v) is 5.03. The quantitative estimate of drug-likeness (QED) is 0.680. The zero-order valence-corrected chi connectivity index (χ0v) is 11.0. The molecule has 0 spiro atoms. The summed E-state index contributed by atoms with van der Waals surface area (Å²) in [6, 6.07) is 0. The summed E-state index contributed by atoms with van der Waals surface area (Å²) in [5, 5.41) is 10.2. The molecule has 0 amide bonds. The van der Waals surface area contributed by atoms with Crippen molar-refractivity contribution >= 4 is 11.6 Å². The van der Waals surface area contributed by atoms with Crippen molar-refractivity contribution < 1.29 is 14.7 Å². The van der Waals surface area contributed by atoms with Crippen LogP contribution < -0.4 is 0 Å². The smallest absolute Gasteiger partial charge is 0.229 e. The highest BCUT2D eigenvalue weighted by Gasteiger charge is 2.41. The van der Waals surface area contributed by atoms with Gasteiger partial charge in [-0.15, -0.1) is 0 Å². The van der Waals surface area contributed by atoms with Gasteiger partial charge in [0.25, 0.3) is 0 Å². The van der Waals surface area contributed by atoms with Gasteiger partial charge in [-0.05, 0) is 25.2 Å². The zero-order chi connectivity index (χ0) is 12.9. The van der Waals surface area contributed by atoms with Crippen LogP contribution >= 0.6 is 0 Å². The van der Waals surface area contributed by atoms with Gasteiger partial charge in [0, 0.05) is 6.92 Å². The van der Waals surface area contributed by atoms with Gasteiger partial charge in [0.1, 0.15) is 5.60 Å². The first-order valence-electron chi connectivity index (χ1n) is 6.02. The number of carbonyl (C=O) groups excluding carboxylic acids is 2. The summed E-state index contributed by atoms with van der Waals surface area (Å²) < 4.78 is 0. The molecule has 0 saturated carbocycles. The number of hydrogen-bond acceptors (Lipinski definition) is 3. The fourth-order valence-corrected chi connectivity index (χ4v) is 2.21. The van der Waals surface area contributed by atoms with Crippen LogP contribution in [0.4, 0.5) is 0 Å². The van der Waals surface area contributed by atoms with E-state index in [-0.39, 0.29) is 11.8 Å². The Morgan fingerprint density at radius 3 is 2.12 bits per heavy atom. The second-order valence-electron chi connectivity index (χ2n) is 5.03. The number of Topliss-reactive ketones (excluding diaryl/α,β-unsaturated/α-hetero) is 2. The van der Waals surface area contributed by atoms with Crippen LogP contribution in [-0.4, -0.2) is 22.3 Å². The van der Waals surface area contributed by atoms with Gasteiger partial charge in [-0.3, -0.25) is 9.59 Å². The number of rotatable bonds is 7. The van der Waals surface area contributed by atoms with Crippen molar-refractivity contribution in [2.75, 3.05) is 0 Å². The van der Waals surface area contributed by atoms with E-state index in [4.69, 9.17) is 0 Å². The van der Waals surface area contributed by atoms with Gasteiger partial charge in [-0.2, -0.15) is 0 Å². The lowest BCUT2D eigenvalue weighted by Gasteiger charge is -2.33. The lowest BCUT2D eigenvalue weighted by Crippen LogP contribution is -2.48. The van der Waals surface area contributed by atoms with Crippen LogP contribution in [0.2, 0.25) is 0 Å². The van der Waals surface area contributed by atoms with Crippen molar-refractivity contribution in [3.63, 3.8) is 0 Å². The van der Waals surface area contributed by atoms with E-state index in [0.717, 1.165) is 19.3 Å². The number of unbranched alkanes of at least 4 members (excludes halogenated alkanes) is 1. The van der Waals surface area contributed by atoms with E-state index in [1.54, 1.807) is 0 Å². The summed E-state index contributed by atoms with van der Waals surface area (Å²) in [6.45, 7) is 8.70. The Balaban J connectivity index is 4.88. The number of carbonyl (C=O) groups is 2. The Kier molecular flexibility index (Phi) is 5.87. The van der Waals surface area contributed by atoms with Crippen molar-refractivity contribution in [1.29, 1.82) is 0 Å². The van der Waals surface area contributed by atoms with E-state index in [9.17, 15) is 14.7 Å². The predicted molar refractivity (Wildman–Crippen MR) is 64.2 cm³/mol. The maximum Gasteiger partial charge on any atom is 0.229 e. The fraction of sp³-hybridized carbons (Fsp3) is 0.846. The SMILES string of the molecule is CCCCC(C(C)C)C(C)(O)C(=O)C(C)=O. The van der Waals surface area contributed by atoms with E-state index in [2.05, 4.69) is 6.92 Å². The highest BCUT2D eigenvalue weighted by atomic mass is 16.3. The molecule has 94 valence electrons. The molecule has 0 aliphatic heterocycles. The van der Waals surface area contributed by atoms with Crippen molar-refractivity contribution in [2.45, 2.75) is 59.5 Å². The molecule has 16 heavy (non-hydrogen) atoms. The van der Waals surface area contributed by atoms with Crippen molar-refractivity contribution in [2.24, 2.45) is 11.8 Å². The van der Waals surface area contributed by atoms with Gasteiger partial charge in [0.2, 0.25) is 5.78 Å². The molecular formula is C13H24O3. The first-order chi connectivity index (χ1) is 7.25. The normalized spacial score (nSPS) is 16.9. The Morgan fingerprint density at radius 1 is 1.31 bits per heavy atom. The topological polar surface area (TPSA) is 54.4 Å². The third kappa shape index (κ3) is 3.71. The Labute approximate surface area is 98.2 Å². The Hall–Kier alpha value is -0.700. The maximum absolute atomic E-state index is 11.7. The van der Waals surface area contributed by atoms with Crippen molar-refractivity contribution in [3.8, 4) is 0 Å². The van der Waals surface area contributed by atoms with Crippen LogP contribution in [0.25, 0.3) is 0 Å². The molecule has 2 unspecified atom stereocenters. The lowest BCUT2D eigenvalue weighted by molar-refractivity contribution is -0.152. The van der Waals surface area contributed by atoms with Gasteiger partial charge in [-0.25, -0.2) is 0 Å². The van der Waals surface area contributed by atoms with Crippen LogP contribution in [0.1, 0.15) is 53.9 Å². The largest absolute Gasteiger partial charge is 0.382 e. The molecule has 0 radical (unpaired) electrons. The van der Waals surface area contributed by atoms with Gasteiger partial charge in [0.05, 0.1) is 0 Å². The summed E-state index contributed by atoms with van der Waals surface area (Å²) in [5.41, 5.74) is -1.52. The molecular weight excluding hydrogens is 204 g/mol. The van der Waals surface area contributed by atoms with E-state index in [1.807, 2.05) is 13.8 Å². The summed E-state index contributed by atoms with van der Waals surface area (Å²) in [7, 11) is 0. The summed E-state index contributed by atoms with van der Waals surface area (Å²) >= 11 is 0. The van der Waals surface area contributed by atoms with Crippen LogP contribution in [-0.2, 0) is 9.59 Å². The van der Waals surface area contributed by atoms with Gasteiger partial charge < -0.3 is 5.11 Å². The zero-order valence-electron chi connectivity index (χ0n) is 11.0. The highest BCUT2D eigenvalue weighted by Crippen LogP contribution is 2.30. The van der Waals surface area contributed by atoms with Crippen LogP contribution in [0.3, 0.4) is 0 Å². The van der Waals surface area contributed by atoms with Gasteiger partial charge >= 0.3 is 0 Å². The Morgan fingerprint density at radius 2 is 1.81 bits per heavy atom. The minimum absolute atomic E-state index is 0.149. The number of hydrogen-bond donors (Lipinski definition) is 1. The maximum atomic E-state index is 11.7. The van der Waals surface area contributed by atoms with Crippen LogP contribution in [0.15, 0.2) is 0 Å². The van der Waals surface area contributed by atoms with Crippen molar-refractivity contribution in [1.82, 2.24) is 0 Å². The molecule has 0 saturated heterocycles. The predicted octanol–water partition coefficient (Wildman–Crippen LogP) is 2.36. The van der Waals surface area contributed by atoms with E-state index < -0.39 is 17.2 Å². The van der Waals surface area contributed by atoms with Crippen molar-refractivity contribution in [3.05, 3.63) is 0 Å². The van der Waals surface area contributed by atoms with E-state index in [1.165, 1.54) is 13.8 Å². The number of ketones is 2. The molecule has 0 rings (SSSR count). The minimum Gasteiger partial charge on any atom is -0.382 e. The molecule has 0 aliphatic carbocycles. The van der Waals surface area contributed by atoms with Crippen LogP contribution in [0, 0.1) is 11.8 Å². The number of aliphatic hydroxyl groups is 1. The van der Waals surface area contributed by atoms with Gasteiger partial charge in [0.15, 0.2) is 5.78 Å². The summed E-state index contributed by atoms with van der Waals surface area (Å²) in [4.78, 5) is 22.8. The summed E-state index contributed by atoms with van der Waals surface area (Å²) in [6.07, 6.45) is 2.76. The molecule has 3 heteroatoms. The lowest BCUT2D eigenvalue weighted by atomic mass is 9.74. The average molecular weight is 228 g/mol. The minimum atomic E-state index is -1.52. The van der Waals surface area contributed by atoms with Crippen LogP contribution in [0.5, 0.6) is 0 Å². The second kappa shape index (κ2) is 6.14. The Bertz CT molecular complexity index is 254. The standard InChI is InChI=1S/C13H24O3/c1-6-7-8-11(9(2)3)13(5,16)12(15)10(4)14/h9,11,16H,6-8H2,1-5H3. The average Bonchev–Trinajstić information content (AvgIpc) is 2.16. The molecule has 0 aliphatic rings. The molecule has 0 fully saturated rings. The molecule has 3 nitrogen and oxygen atoms in total. The van der Waals surface area contributed by atoms with Gasteiger partial charge in [-0.1, -0.05) is 33.6 Å².